The van der Waals surface area contributed by atoms with Gasteiger partial charge in [-0.05, 0) is 47.0 Å². The fraction of sp³-hybridized carbons (Fsp3) is 0.250. The summed E-state index contributed by atoms with van der Waals surface area (Å²) in [6.07, 6.45) is 1.61. The Morgan fingerprint density at radius 3 is 2.53 bits per heavy atom. The van der Waals surface area contributed by atoms with Gasteiger partial charge < -0.3 is 19.7 Å². The third kappa shape index (κ3) is 5.64. The molecular weight excluding hydrogens is 472 g/mol. The van der Waals surface area contributed by atoms with E-state index >= 15 is 0 Å². The molecule has 1 aromatic heterocycles. The van der Waals surface area contributed by atoms with Crippen LogP contribution in [0.5, 0.6) is 5.75 Å². The summed E-state index contributed by atoms with van der Waals surface area (Å²) < 4.78 is 12.0. The Labute approximate surface area is 224 Å². The number of methoxy groups -OCH3 is 1. The van der Waals surface area contributed by atoms with Crippen LogP contribution in [-0.4, -0.2) is 31.3 Å². The molecule has 6 nitrogen and oxygen atoms in total. The molecule has 0 fully saturated rings. The average Bonchev–Trinajstić information content (AvgIpc) is 2.98. The van der Waals surface area contributed by atoms with Crippen LogP contribution >= 0.6 is 0 Å². The van der Waals surface area contributed by atoms with Gasteiger partial charge in [0.15, 0.2) is 0 Å². The maximum Gasteiger partial charge on any atom is 0.149 e. The minimum Gasteiger partial charge on any atom is -0.497 e. The van der Waals surface area contributed by atoms with Gasteiger partial charge in [0.05, 0.1) is 37.1 Å². The number of ether oxygens (including phenoxy) is 2. The van der Waals surface area contributed by atoms with Crippen LogP contribution in [0.25, 0.3) is 0 Å². The first-order valence-electron chi connectivity index (χ1n) is 12.9. The lowest BCUT2D eigenvalue weighted by Gasteiger charge is -2.40. The van der Waals surface area contributed by atoms with Crippen molar-refractivity contribution in [2.24, 2.45) is 0 Å². The summed E-state index contributed by atoms with van der Waals surface area (Å²) in [4.78, 5) is 7.03. The van der Waals surface area contributed by atoms with E-state index in [4.69, 9.17) is 9.47 Å². The monoisotopic (exact) mass is 504 g/mol. The number of anilines is 2. The number of nitrogens with zero attached hydrogens (tertiary/aromatic N) is 3. The molecule has 38 heavy (non-hydrogen) atoms. The number of benzene rings is 3. The predicted octanol–water partition coefficient (Wildman–Crippen LogP) is 6.32. The first kappa shape index (κ1) is 25.3. The number of pyridine rings is 1. The summed E-state index contributed by atoms with van der Waals surface area (Å²) in [5.74, 6) is 1.77. The molecule has 0 amide bonds. The molecule has 1 unspecified atom stereocenters. The number of rotatable bonds is 9. The largest absolute Gasteiger partial charge is 0.497 e. The van der Waals surface area contributed by atoms with Crippen LogP contribution < -0.4 is 15.0 Å². The van der Waals surface area contributed by atoms with E-state index in [-0.39, 0.29) is 18.1 Å². The molecule has 2 heterocycles. The summed E-state index contributed by atoms with van der Waals surface area (Å²) in [5, 5.41) is 13.2. The first-order chi connectivity index (χ1) is 18.7. The molecule has 6 heteroatoms. The summed E-state index contributed by atoms with van der Waals surface area (Å²) in [7, 11) is 1.68. The van der Waals surface area contributed by atoms with E-state index in [0.29, 0.717) is 12.2 Å². The van der Waals surface area contributed by atoms with Gasteiger partial charge in [-0.15, -0.1) is 0 Å². The topological polar surface area (TPSA) is 70.4 Å². The molecule has 0 saturated heterocycles. The number of aromatic nitrogens is 1. The van der Waals surface area contributed by atoms with Gasteiger partial charge in [0.2, 0.25) is 0 Å². The molecule has 0 radical (unpaired) electrons. The highest BCUT2D eigenvalue weighted by atomic mass is 16.5. The Balaban J connectivity index is 1.41. The zero-order valence-corrected chi connectivity index (χ0v) is 21.7. The molecule has 0 spiro atoms. The van der Waals surface area contributed by atoms with Gasteiger partial charge in [0.1, 0.15) is 17.7 Å². The van der Waals surface area contributed by atoms with Crippen molar-refractivity contribution in [3.63, 3.8) is 0 Å². The Kier molecular flexibility index (Phi) is 7.86. The van der Waals surface area contributed by atoms with Gasteiger partial charge in [0.25, 0.3) is 0 Å². The zero-order chi connectivity index (χ0) is 26.3. The predicted molar refractivity (Wildman–Crippen MR) is 150 cm³/mol. The van der Waals surface area contributed by atoms with E-state index in [1.165, 1.54) is 5.56 Å². The minimum absolute atomic E-state index is 0.0311. The van der Waals surface area contributed by atoms with Gasteiger partial charge in [-0.2, -0.15) is 5.26 Å². The number of fused-ring (bicyclic) bond motifs is 1. The highest BCUT2D eigenvalue weighted by Crippen LogP contribution is 2.36. The number of hydrogen-bond acceptors (Lipinski definition) is 6. The fourth-order valence-electron chi connectivity index (χ4n) is 5.05. The second-order valence-electron chi connectivity index (χ2n) is 9.62. The normalized spacial score (nSPS) is 16.0. The van der Waals surface area contributed by atoms with E-state index in [1.54, 1.807) is 7.11 Å². The van der Waals surface area contributed by atoms with Gasteiger partial charge in [-0.25, -0.2) is 4.98 Å². The molecular formula is C32H32N4O2. The van der Waals surface area contributed by atoms with Crippen molar-refractivity contribution < 1.29 is 9.47 Å². The third-order valence-corrected chi connectivity index (χ3v) is 7.03. The van der Waals surface area contributed by atoms with Gasteiger partial charge in [-0.3, -0.25) is 0 Å². The van der Waals surface area contributed by atoms with Crippen LogP contribution in [0.1, 0.15) is 41.2 Å². The summed E-state index contributed by atoms with van der Waals surface area (Å²) in [5.41, 5.74) is 5.07. The summed E-state index contributed by atoms with van der Waals surface area (Å²) >= 11 is 0. The van der Waals surface area contributed by atoms with Gasteiger partial charge in [-0.1, -0.05) is 67.6 Å². The molecule has 0 aliphatic carbocycles. The van der Waals surface area contributed by atoms with Crippen molar-refractivity contribution in [3.05, 3.63) is 119 Å². The van der Waals surface area contributed by atoms with E-state index in [2.05, 4.69) is 58.5 Å². The van der Waals surface area contributed by atoms with E-state index < -0.39 is 0 Å². The van der Waals surface area contributed by atoms with Crippen LogP contribution in [0.15, 0.2) is 97.2 Å². The molecule has 192 valence electrons. The van der Waals surface area contributed by atoms with Crippen molar-refractivity contribution >= 4 is 11.5 Å². The van der Waals surface area contributed by atoms with Crippen LogP contribution in [-0.2, 0) is 11.3 Å². The number of nitrogens with one attached hydrogen (secondary N) is 1. The smallest absolute Gasteiger partial charge is 0.149 e. The average molecular weight is 505 g/mol. The van der Waals surface area contributed by atoms with Gasteiger partial charge >= 0.3 is 0 Å². The Hall–Kier alpha value is -4.34. The van der Waals surface area contributed by atoms with E-state index in [0.717, 1.165) is 41.5 Å². The molecule has 3 atom stereocenters. The second-order valence-corrected chi connectivity index (χ2v) is 9.62. The maximum absolute atomic E-state index is 9.58. The number of nitriles is 1. The molecule has 3 aromatic carbocycles. The van der Waals surface area contributed by atoms with Gasteiger partial charge in [0, 0.05) is 25.2 Å². The van der Waals surface area contributed by atoms with Crippen molar-refractivity contribution in [3.8, 4) is 11.8 Å². The summed E-state index contributed by atoms with van der Waals surface area (Å²) in [6.45, 7) is 4.09. The highest BCUT2D eigenvalue weighted by Gasteiger charge is 2.32. The summed E-state index contributed by atoms with van der Waals surface area (Å²) in [6, 6.07) is 32.7. The Morgan fingerprint density at radius 1 is 1.00 bits per heavy atom. The maximum atomic E-state index is 9.58. The lowest BCUT2D eigenvalue weighted by atomic mass is 9.96. The first-order valence-corrected chi connectivity index (χ1v) is 12.9. The quantitative estimate of drug-likeness (QED) is 0.287. The van der Waals surface area contributed by atoms with Crippen LogP contribution in [0.2, 0.25) is 0 Å². The lowest BCUT2D eigenvalue weighted by molar-refractivity contribution is 0.0324. The van der Waals surface area contributed by atoms with E-state index in [1.807, 2.05) is 66.9 Å². The molecule has 1 N–H and O–H groups in total. The second kappa shape index (κ2) is 11.8. The van der Waals surface area contributed by atoms with E-state index in [9.17, 15) is 5.26 Å². The molecule has 0 saturated carbocycles. The molecule has 4 aromatic rings. The Bertz CT molecular complexity index is 1380. The van der Waals surface area contributed by atoms with Crippen LogP contribution in [0.3, 0.4) is 0 Å². The highest BCUT2D eigenvalue weighted by molar-refractivity contribution is 5.69. The standard InChI is InChI=1S/C32H32N4O2/c1-23(28-12-7-6-11-26(28)19-33)22-38-31(25-9-4-3-5-10-25)29-21-36(30-13-8-18-34-32(30)35-29)20-24-14-16-27(37-2)17-15-24/h3-18,23,29,31H,20-22H2,1-2H3,(H,34,35)/t23?,29-,31-/m0/s1. The number of hydrogen-bond donors (Lipinski definition) is 1. The molecule has 0 bridgehead atoms. The lowest BCUT2D eigenvalue weighted by Crippen LogP contribution is -2.45. The van der Waals surface area contributed by atoms with Crippen LogP contribution in [0.4, 0.5) is 11.5 Å². The zero-order valence-electron chi connectivity index (χ0n) is 21.7. The van der Waals surface area contributed by atoms with Crippen molar-refractivity contribution in [2.45, 2.75) is 31.5 Å². The third-order valence-electron chi connectivity index (χ3n) is 7.03. The SMILES string of the molecule is COc1ccc(CN2C[C@@H]([C@@H](OCC(C)c3ccccc3C#N)c3ccccc3)Nc3ncccc32)cc1. The molecule has 1 aliphatic rings. The molecule has 5 rings (SSSR count). The van der Waals surface area contributed by atoms with Crippen molar-refractivity contribution in [1.29, 1.82) is 5.26 Å². The Morgan fingerprint density at radius 2 is 1.76 bits per heavy atom. The minimum atomic E-state index is -0.207. The van der Waals surface area contributed by atoms with Crippen LogP contribution in [0, 0.1) is 11.3 Å². The van der Waals surface area contributed by atoms with Crippen molar-refractivity contribution in [2.75, 3.05) is 30.5 Å². The van der Waals surface area contributed by atoms with Crippen molar-refractivity contribution in [1.82, 2.24) is 4.98 Å². The fourth-order valence-corrected chi connectivity index (χ4v) is 5.05. The molecule has 1 aliphatic heterocycles.